The summed E-state index contributed by atoms with van der Waals surface area (Å²) in [6.07, 6.45) is 1.78. The van der Waals surface area contributed by atoms with Crippen LogP contribution in [0.3, 0.4) is 0 Å². The van der Waals surface area contributed by atoms with Gasteiger partial charge in [-0.1, -0.05) is 11.8 Å². The van der Waals surface area contributed by atoms with Crippen molar-refractivity contribution in [2.24, 2.45) is 12.8 Å². The maximum Gasteiger partial charge on any atom is 0.272 e. The van der Waals surface area contributed by atoms with Crippen LogP contribution in [0.25, 0.3) is 0 Å². The zero-order chi connectivity index (χ0) is 14.5. The number of benzene rings is 1. The molecule has 0 atom stereocenters. The average molecular weight is 271 g/mol. The first-order chi connectivity index (χ1) is 9.61. The van der Waals surface area contributed by atoms with E-state index in [9.17, 15) is 9.18 Å². The lowest BCUT2D eigenvalue weighted by Crippen LogP contribution is -2.15. The van der Waals surface area contributed by atoms with Gasteiger partial charge >= 0.3 is 0 Å². The van der Waals surface area contributed by atoms with Gasteiger partial charge in [0.1, 0.15) is 11.5 Å². The third kappa shape index (κ3) is 3.05. The molecule has 0 spiro atoms. The number of carbonyl (C=O) groups is 1. The standard InChI is InChI=1S/C15H14FN3O/c1-19-9-3-5-14(19)15(20)18-12-6-7-13(16)11(10-12)4-2-8-17/h3,5-7,9-10H,8,17H2,1H3,(H,18,20). The minimum atomic E-state index is -0.442. The van der Waals surface area contributed by atoms with Gasteiger partial charge in [-0.2, -0.15) is 0 Å². The quantitative estimate of drug-likeness (QED) is 0.817. The summed E-state index contributed by atoms with van der Waals surface area (Å²) in [5.41, 5.74) is 6.47. The van der Waals surface area contributed by atoms with Crippen molar-refractivity contribution in [1.82, 2.24) is 4.57 Å². The van der Waals surface area contributed by atoms with E-state index in [1.54, 1.807) is 29.9 Å². The van der Waals surface area contributed by atoms with Gasteiger partial charge in [0.2, 0.25) is 0 Å². The predicted molar refractivity (Wildman–Crippen MR) is 75.7 cm³/mol. The largest absolute Gasteiger partial charge is 0.347 e. The van der Waals surface area contributed by atoms with E-state index in [1.165, 1.54) is 18.2 Å². The van der Waals surface area contributed by atoms with Crippen molar-refractivity contribution in [2.45, 2.75) is 0 Å². The van der Waals surface area contributed by atoms with Crippen molar-refractivity contribution in [3.8, 4) is 11.8 Å². The number of aryl methyl sites for hydroxylation is 1. The SMILES string of the molecule is Cn1cccc1C(=O)Nc1ccc(F)c(C#CCN)c1. The van der Waals surface area contributed by atoms with E-state index in [4.69, 9.17) is 5.73 Å². The summed E-state index contributed by atoms with van der Waals surface area (Å²) < 4.78 is 15.2. The third-order valence-electron chi connectivity index (χ3n) is 2.73. The van der Waals surface area contributed by atoms with Crippen molar-refractivity contribution < 1.29 is 9.18 Å². The highest BCUT2D eigenvalue weighted by molar-refractivity contribution is 6.03. The van der Waals surface area contributed by atoms with Crippen molar-refractivity contribution >= 4 is 11.6 Å². The molecule has 2 aromatic rings. The molecule has 0 aliphatic carbocycles. The van der Waals surface area contributed by atoms with Crippen LogP contribution in [-0.4, -0.2) is 17.0 Å². The molecule has 0 aliphatic heterocycles. The van der Waals surface area contributed by atoms with Gasteiger partial charge < -0.3 is 15.6 Å². The minimum absolute atomic E-state index is 0.152. The molecule has 102 valence electrons. The van der Waals surface area contributed by atoms with Crippen LogP contribution in [0.5, 0.6) is 0 Å². The average Bonchev–Trinajstić information content (AvgIpc) is 2.85. The van der Waals surface area contributed by atoms with Crippen LogP contribution in [0.4, 0.5) is 10.1 Å². The van der Waals surface area contributed by atoms with Crippen molar-refractivity contribution in [1.29, 1.82) is 0 Å². The van der Waals surface area contributed by atoms with Crippen LogP contribution in [0, 0.1) is 17.7 Å². The van der Waals surface area contributed by atoms with Gasteiger partial charge in [0, 0.05) is 18.9 Å². The lowest BCUT2D eigenvalue weighted by molar-refractivity contribution is 0.101. The summed E-state index contributed by atoms with van der Waals surface area (Å²) in [7, 11) is 1.78. The van der Waals surface area contributed by atoms with E-state index in [-0.39, 0.29) is 18.0 Å². The molecule has 20 heavy (non-hydrogen) atoms. The Balaban J connectivity index is 2.22. The first kappa shape index (κ1) is 13.8. The first-order valence-electron chi connectivity index (χ1n) is 6.03. The summed E-state index contributed by atoms with van der Waals surface area (Å²) in [5.74, 6) is 4.51. The van der Waals surface area contributed by atoms with E-state index >= 15 is 0 Å². The van der Waals surface area contributed by atoms with Gasteiger partial charge in [-0.15, -0.1) is 0 Å². The molecule has 5 heteroatoms. The molecular weight excluding hydrogens is 257 g/mol. The van der Waals surface area contributed by atoms with Crippen molar-refractivity contribution in [2.75, 3.05) is 11.9 Å². The van der Waals surface area contributed by atoms with Crippen LogP contribution in [0.15, 0.2) is 36.5 Å². The first-order valence-corrected chi connectivity index (χ1v) is 6.03. The van der Waals surface area contributed by atoms with Crippen LogP contribution in [0.1, 0.15) is 16.1 Å². The molecule has 0 bridgehead atoms. The van der Waals surface area contributed by atoms with Gasteiger partial charge in [0.25, 0.3) is 5.91 Å². The number of amides is 1. The maximum absolute atomic E-state index is 13.5. The van der Waals surface area contributed by atoms with Gasteiger partial charge in [0.05, 0.1) is 12.1 Å². The Morgan fingerprint density at radius 1 is 1.45 bits per heavy atom. The normalized spacial score (nSPS) is 9.75. The fourth-order valence-corrected chi connectivity index (χ4v) is 1.74. The number of halogens is 1. The molecule has 1 amide bonds. The highest BCUT2D eigenvalue weighted by Gasteiger charge is 2.10. The summed E-state index contributed by atoms with van der Waals surface area (Å²) in [4.78, 5) is 12.0. The summed E-state index contributed by atoms with van der Waals surface area (Å²) in [5, 5.41) is 2.70. The van der Waals surface area contributed by atoms with E-state index in [0.29, 0.717) is 11.4 Å². The summed E-state index contributed by atoms with van der Waals surface area (Å²) >= 11 is 0. The zero-order valence-corrected chi connectivity index (χ0v) is 11.0. The molecule has 4 nitrogen and oxygen atoms in total. The van der Waals surface area contributed by atoms with E-state index in [0.717, 1.165) is 0 Å². The number of hydrogen-bond acceptors (Lipinski definition) is 2. The zero-order valence-electron chi connectivity index (χ0n) is 11.0. The molecule has 1 aromatic heterocycles. The lowest BCUT2D eigenvalue weighted by atomic mass is 10.2. The number of nitrogens with one attached hydrogen (secondary N) is 1. The second-order valence-electron chi connectivity index (χ2n) is 4.16. The van der Waals surface area contributed by atoms with E-state index in [2.05, 4.69) is 17.2 Å². The molecule has 3 N–H and O–H groups in total. The van der Waals surface area contributed by atoms with Gasteiger partial charge in [-0.05, 0) is 30.3 Å². The smallest absolute Gasteiger partial charge is 0.272 e. The number of rotatable bonds is 2. The van der Waals surface area contributed by atoms with Gasteiger partial charge in [-0.25, -0.2) is 4.39 Å². The Labute approximate surface area is 116 Å². The predicted octanol–water partition coefficient (Wildman–Crippen LogP) is 1.73. The second-order valence-corrected chi connectivity index (χ2v) is 4.16. The van der Waals surface area contributed by atoms with E-state index < -0.39 is 5.82 Å². The van der Waals surface area contributed by atoms with Crippen LogP contribution in [-0.2, 0) is 7.05 Å². The maximum atomic E-state index is 13.5. The molecule has 1 aromatic carbocycles. The number of nitrogens with zero attached hydrogens (tertiary/aromatic N) is 1. The number of aromatic nitrogens is 1. The topological polar surface area (TPSA) is 60.0 Å². The molecule has 0 saturated heterocycles. The molecule has 1 heterocycles. The highest BCUT2D eigenvalue weighted by atomic mass is 19.1. The highest BCUT2D eigenvalue weighted by Crippen LogP contribution is 2.15. The number of nitrogens with two attached hydrogens (primary N) is 1. The summed E-state index contributed by atoms with van der Waals surface area (Å²) in [6.45, 7) is 0.152. The minimum Gasteiger partial charge on any atom is -0.347 e. The van der Waals surface area contributed by atoms with Crippen LogP contribution >= 0.6 is 0 Å². The Morgan fingerprint density at radius 2 is 2.25 bits per heavy atom. The second kappa shape index (κ2) is 6.04. The molecule has 0 radical (unpaired) electrons. The van der Waals surface area contributed by atoms with E-state index in [1.807, 2.05) is 0 Å². The molecule has 0 unspecified atom stereocenters. The van der Waals surface area contributed by atoms with Gasteiger partial charge in [-0.3, -0.25) is 4.79 Å². The number of hydrogen-bond donors (Lipinski definition) is 2. The molecule has 0 saturated carbocycles. The number of carbonyl (C=O) groups excluding carboxylic acids is 1. The Hall–Kier alpha value is -2.58. The Morgan fingerprint density at radius 3 is 2.90 bits per heavy atom. The van der Waals surface area contributed by atoms with Crippen molar-refractivity contribution in [3.63, 3.8) is 0 Å². The molecule has 0 aliphatic rings. The van der Waals surface area contributed by atoms with Crippen LogP contribution in [0.2, 0.25) is 0 Å². The van der Waals surface area contributed by atoms with Crippen molar-refractivity contribution in [3.05, 3.63) is 53.6 Å². The molecule has 2 rings (SSSR count). The van der Waals surface area contributed by atoms with Gasteiger partial charge in [0.15, 0.2) is 0 Å². The fraction of sp³-hybridized carbons (Fsp3) is 0.133. The van der Waals surface area contributed by atoms with Crippen LogP contribution < -0.4 is 11.1 Å². The Bertz CT molecular complexity index is 695. The Kier molecular flexibility index (Phi) is 4.18. The lowest BCUT2D eigenvalue weighted by Gasteiger charge is -2.07. The summed E-state index contributed by atoms with van der Waals surface area (Å²) in [6, 6.07) is 7.72. The number of anilines is 1. The monoisotopic (exact) mass is 271 g/mol. The molecule has 0 fully saturated rings. The fourth-order valence-electron chi connectivity index (χ4n) is 1.74. The third-order valence-corrected chi connectivity index (χ3v) is 2.73. The molecular formula is C15H14FN3O.